The molecule has 5 nitrogen and oxygen atoms in total. The Morgan fingerprint density at radius 2 is 2.17 bits per heavy atom. The predicted molar refractivity (Wildman–Crippen MR) is 68.2 cm³/mol. The summed E-state index contributed by atoms with van der Waals surface area (Å²) in [4.78, 5) is 11.6. The largest absolute Gasteiger partial charge is 0.494 e. The van der Waals surface area contributed by atoms with Gasteiger partial charge in [0.25, 0.3) is 5.91 Å². The standard InChI is InChI=1S/C13H15N3O2/c1-9-6-7-16(15-9)11-8-10(13(17)14-2)4-5-12(11)18-3/h4-8H,1-3H3,(H,14,17). The van der Waals surface area contributed by atoms with Crippen LogP contribution >= 0.6 is 0 Å². The number of hydrogen-bond acceptors (Lipinski definition) is 3. The molecule has 1 aromatic heterocycles. The fraction of sp³-hybridized carbons (Fsp3) is 0.231. The Morgan fingerprint density at radius 3 is 2.72 bits per heavy atom. The molecule has 0 fully saturated rings. The first-order valence-corrected chi connectivity index (χ1v) is 5.58. The summed E-state index contributed by atoms with van der Waals surface area (Å²) in [5.74, 6) is 0.536. The van der Waals surface area contributed by atoms with E-state index in [1.165, 1.54) is 0 Å². The van der Waals surface area contributed by atoms with E-state index in [1.54, 1.807) is 37.0 Å². The Hall–Kier alpha value is -2.30. The molecule has 5 heteroatoms. The SMILES string of the molecule is CNC(=O)c1ccc(OC)c(-n2ccc(C)n2)c1. The van der Waals surface area contributed by atoms with Gasteiger partial charge in [-0.3, -0.25) is 4.79 Å². The van der Waals surface area contributed by atoms with Gasteiger partial charge < -0.3 is 10.1 Å². The topological polar surface area (TPSA) is 56.1 Å². The lowest BCUT2D eigenvalue weighted by Crippen LogP contribution is -2.18. The second kappa shape index (κ2) is 4.91. The predicted octanol–water partition coefficient (Wildman–Crippen LogP) is 1.55. The lowest BCUT2D eigenvalue weighted by molar-refractivity contribution is 0.0963. The number of aryl methyl sites for hydroxylation is 1. The number of rotatable bonds is 3. The number of benzene rings is 1. The Kier molecular flexibility index (Phi) is 3.32. The molecule has 1 heterocycles. The zero-order valence-corrected chi connectivity index (χ0v) is 10.6. The van der Waals surface area contributed by atoms with Crippen LogP contribution in [-0.4, -0.2) is 29.8 Å². The highest BCUT2D eigenvalue weighted by Gasteiger charge is 2.11. The van der Waals surface area contributed by atoms with Crippen LogP contribution in [0.4, 0.5) is 0 Å². The molecule has 0 atom stereocenters. The molecular weight excluding hydrogens is 230 g/mol. The van der Waals surface area contributed by atoms with Crippen LogP contribution < -0.4 is 10.1 Å². The van der Waals surface area contributed by atoms with Crippen molar-refractivity contribution >= 4 is 5.91 Å². The Balaban J connectivity index is 2.52. The van der Waals surface area contributed by atoms with Gasteiger partial charge in [-0.1, -0.05) is 0 Å². The van der Waals surface area contributed by atoms with Gasteiger partial charge in [0.2, 0.25) is 0 Å². The van der Waals surface area contributed by atoms with Gasteiger partial charge in [0.15, 0.2) is 0 Å². The molecule has 1 aromatic carbocycles. The van der Waals surface area contributed by atoms with Crippen LogP contribution in [0, 0.1) is 6.92 Å². The second-order valence-corrected chi connectivity index (χ2v) is 3.87. The number of carbonyl (C=O) groups excluding carboxylic acids is 1. The number of hydrogen-bond donors (Lipinski definition) is 1. The number of nitrogens with zero attached hydrogens (tertiary/aromatic N) is 2. The normalized spacial score (nSPS) is 10.2. The number of carbonyl (C=O) groups is 1. The average Bonchev–Trinajstić information content (AvgIpc) is 2.83. The lowest BCUT2D eigenvalue weighted by atomic mass is 10.1. The molecule has 0 bridgehead atoms. The van der Waals surface area contributed by atoms with Crippen LogP contribution in [-0.2, 0) is 0 Å². The summed E-state index contributed by atoms with van der Waals surface area (Å²) < 4.78 is 6.98. The van der Waals surface area contributed by atoms with Gasteiger partial charge in [-0.2, -0.15) is 5.10 Å². The number of amides is 1. The van der Waals surface area contributed by atoms with E-state index in [9.17, 15) is 4.79 Å². The molecule has 94 valence electrons. The molecular formula is C13H15N3O2. The average molecular weight is 245 g/mol. The molecule has 2 rings (SSSR count). The third kappa shape index (κ3) is 2.20. The Bertz CT molecular complexity index is 575. The molecule has 1 N–H and O–H groups in total. The lowest BCUT2D eigenvalue weighted by Gasteiger charge is -2.10. The Morgan fingerprint density at radius 1 is 1.39 bits per heavy atom. The van der Waals surface area contributed by atoms with E-state index in [2.05, 4.69) is 10.4 Å². The van der Waals surface area contributed by atoms with E-state index in [1.807, 2.05) is 19.2 Å². The minimum atomic E-state index is -0.136. The van der Waals surface area contributed by atoms with Crippen LogP contribution in [0.15, 0.2) is 30.5 Å². The fourth-order valence-corrected chi connectivity index (χ4v) is 1.70. The summed E-state index contributed by atoms with van der Waals surface area (Å²) in [7, 11) is 3.19. The van der Waals surface area contributed by atoms with Crippen molar-refractivity contribution in [2.45, 2.75) is 6.92 Å². The summed E-state index contributed by atoms with van der Waals surface area (Å²) >= 11 is 0. The number of aromatic nitrogens is 2. The van der Waals surface area contributed by atoms with Crippen LogP contribution in [0.5, 0.6) is 5.75 Å². The highest BCUT2D eigenvalue weighted by Crippen LogP contribution is 2.23. The molecule has 18 heavy (non-hydrogen) atoms. The quantitative estimate of drug-likeness (QED) is 0.892. The van der Waals surface area contributed by atoms with E-state index in [0.29, 0.717) is 11.3 Å². The van der Waals surface area contributed by atoms with E-state index in [0.717, 1.165) is 11.4 Å². The van der Waals surface area contributed by atoms with Crippen molar-refractivity contribution in [3.63, 3.8) is 0 Å². The number of methoxy groups -OCH3 is 1. The number of ether oxygens (including phenoxy) is 1. The van der Waals surface area contributed by atoms with Crippen molar-refractivity contribution in [2.75, 3.05) is 14.2 Å². The van der Waals surface area contributed by atoms with Gasteiger partial charge >= 0.3 is 0 Å². The molecule has 0 saturated carbocycles. The van der Waals surface area contributed by atoms with Crippen molar-refractivity contribution in [1.29, 1.82) is 0 Å². The van der Waals surface area contributed by atoms with Crippen molar-refractivity contribution in [3.8, 4) is 11.4 Å². The molecule has 0 aliphatic carbocycles. The van der Waals surface area contributed by atoms with Crippen LogP contribution in [0.3, 0.4) is 0 Å². The van der Waals surface area contributed by atoms with Crippen molar-refractivity contribution < 1.29 is 9.53 Å². The summed E-state index contributed by atoms with van der Waals surface area (Å²) in [5.41, 5.74) is 2.22. The third-order valence-electron chi connectivity index (χ3n) is 2.64. The zero-order valence-electron chi connectivity index (χ0n) is 10.6. The van der Waals surface area contributed by atoms with Crippen LogP contribution in [0.1, 0.15) is 16.1 Å². The fourth-order valence-electron chi connectivity index (χ4n) is 1.70. The van der Waals surface area contributed by atoms with Crippen LogP contribution in [0.2, 0.25) is 0 Å². The Labute approximate surface area is 105 Å². The first-order valence-electron chi connectivity index (χ1n) is 5.58. The highest BCUT2D eigenvalue weighted by atomic mass is 16.5. The molecule has 2 aromatic rings. The van der Waals surface area contributed by atoms with Gasteiger partial charge in [0.1, 0.15) is 11.4 Å². The minimum Gasteiger partial charge on any atom is -0.494 e. The molecule has 0 radical (unpaired) electrons. The highest BCUT2D eigenvalue weighted by molar-refractivity contribution is 5.94. The van der Waals surface area contributed by atoms with Gasteiger partial charge in [-0.25, -0.2) is 4.68 Å². The summed E-state index contributed by atoms with van der Waals surface area (Å²) in [6.45, 7) is 1.91. The van der Waals surface area contributed by atoms with Gasteiger partial charge in [0.05, 0.1) is 12.8 Å². The second-order valence-electron chi connectivity index (χ2n) is 3.87. The van der Waals surface area contributed by atoms with E-state index >= 15 is 0 Å². The van der Waals surface area contributed by atoms with Crippen molar-refractivity contribution in [2.24, 2.45) is 0 Å². The monoisotopic (exact) mass is 245 g/mol. The molecule has 0 spiro atoms. The van der Waals surface area contributed by atoms with Crippen LogP contribution in [0.25, 0.3) is 5.69 Å². The summed E-state index contributed by atoms with van der Waals surface area (Å²) in [5, 5.41) is 6.91. The maximum absolute atomic E-state index is 11.6. The first kappa shape index (κ1) is 12.2. The number of nitrogens with one attached hydrogen (secondary N) is 1. The molecule has 0 aliphatic heterocycles. The first-order chi connectivity index (χ1) is 8.65. The minimum absolute atomic E-state index is 0.136. The smallest absolute Gasteiger partial charge is 0.251 e. The molecule has 1 amide bonds. The van der Waals surface area contributed by atoms with Crippen molar-refractivity contribution in [1.82, 2.24) is 15.1 Å². The van der Waals surface area contributed by atoms with Gasteiger partial charge in [-0.15, -0.1) is 0 Å². The molecule has 0 unspecified atom stereocenters. The van der Waals surface area contributed by atoms with Gasteiger partial charge in [0, 0.05) is 18.8 Å². The van der Waals surface area contributed by atoms with E-state index in [4.69, 9.17) is 4.74 Å². The summed E-state index contributed by atoms with van der Waals surface area (Å²) in [6.07, 6.45) is 1.83. The maximum atomic E-state index is 11.6. The molecule has 0 saturated heterocycles. The summed E-state index contributed by atoms with van der Waals surface area (Å²) in [6, 6.07) is 7.13. The molecule has 0 aliphatic rings. The zero-order chi connectivity index (χ0) is 13.1. The van der Waals surface area contributed by atoms with E-state index < -0.39 is 0 Å². The van der Waals surface area contributed by atoms with Crippen molar-refractivity contribution in [3.05, 3.63) is 41.7 Å². The van der Waals surface area contributed by atoms with E-state index in [-0.39, 0.29) is 5.91 Å². The van der Waals surface area contributed by atoms with Gasteiger partial charge in [-0.05, 0) is 31.2 Å². The third-order valence-corrected chi connectivity index (χ3v) is 2.64. The maximum Gasteiger partial charge on any atom is 0.251 e.